The Kier molecular flexibility index (Phi) is 6.61. The van der Waals surface area contributed by atoms with Gasteiger partial charge < -0.3 is 15.4 Å². The SMILES string of the molecule is CCNc1ccc(C(=O)NC(C)COCC)cc1[N+](=O)[O-]. The van der Waals surface area contributed by atoms with E-state index < -0.39 is 4.92 Å². The molecule has 0 aliphatic heterocycles. The summed E-state index contributed by atoms with van der Waals surface area (Å²) in [6, 6.07) is 4.23. The highest BCUT2D eigenvalue weighted by atomic mass is 16.6. The van der Waals surface area contributed by atoms with Gasteiger partial charge in [-0.25, -0.2) is 0 Å². The van der Waals surface area contributed by atoms with Gasteiger partial charge in [0, 0.05) is 30.8 Å². The second-order valence-electron chi connectivity index (χ2n) is 4.55. The van der Waals surface area contributed by atoms with Crippen molar-refractivity contribution in [2.75, 3.05) is 25.1 Å². The van der Waals surface area contributed by atoms with Crippen LogP contribution >= 0.6 is 0 Å². The summed E-state index contributed by atoms with van der Waals surface area (Å²) in [6.07, 6.45) is 0. The number of nitro groups is 1. The molecule has 0 aliphatic rings. The van der Waals surface area contributed by atoms with Crippen LogP contribution in [-0.4, -0.2) is 36.6 Å². The summed E-state index contributed by atoms with van der Waals surface area (Å²) in [5, 5.41) is 16.7. The van der Waals surface area contributed by atoms with E-state index in [1.54, 1.807) is 12.1 Å². The maximum Gasteiger partial charge on any atom is 0.293 e. The van der Waals surface area contributed by atoms with Gasteiger partial charge in [0.1, 0.15) is 5.69 Å². The predicted octanol–water partition coefficient (Wildman–Crippen LogP) is 2.18. The van der Waals surface area contributed by atoms with Crippen LogP contribution in [0.3, 0.4) is 0 Å². The van der Waals surface area contributed by atoms with E-state index in [0.29, 0.717) is 25.4 Å². The third kappa shape index (κ3) is 5.03. The first-order chi connectivity index (χ1) is 9.99. The van der Waals surface area contributed by atoms with Gasteiger partial charge in [0.05, 0.1) is 11.5 Å². The summed E-state index contributed by atoms with van der Waals surface area (Å²) in [6.45, 7) is 7.08. The Labute approximate surface area is 123 Å². The molecule has 0 saturated carbocycles. The van der Waals surface area contributed by atoms with Gasteiger partial charge in [-0.05, 0) is 32.9 Å². The summed E-state index contributed by atoms with van der Waals surface area (Å²) < 4.78 is 5.21. The topological polar surface area (TPSA) is 93.5 Å². The van der Waals surface area contributed by atoms with Crippen molar-refractivity contribution >= 4 is 17.3 Å². The zero-order chi connectivity index (χ0) is 15.8. The van der Waals surface area contributed by atoms with Crippen LogP contribution in [0.25, 0.3) is 0 Å². The van der Waals surface area contributed by atoms with Gasteiger partial charge in [-0.3, -0.25) is 14.9 Å². The van der Waals surface area contributed by atoms with E-state index >= 15 is 0 Å². The third-order valence-corrected chi connectivity index (χ3v) is 2.77. The zero-order valence-electron chi connectivity index (χ0n) is 12.5. The Morgan fingerprint density at radius 2 is 2.14 bits per heavy atom. The minimum atomic E-state index is -0.502. The lowest BCUT2D eigenvalue weighted by atomic mass is 10.1. The Balaban J connectivity index is 2.85. The molecule has 0 bridgehead atoms. The second kappa shape index (κ2) is 8.21. The van der Waals surface area contributed by atoms with Gasteiger partial charge in [0.2, 0.25) is 0 Å². The van der Waals surface area contributed by atoms with Crippen molar-refractivity contribution in [3.05, 3.63) is 33.9 Å². The van der Waals surface area contributed by atoms with Crippen molar-refractivity contribution < 1.29 is 14.5 Å². The molecular weight excluding hydrogens is 274 g/mol. The molecule has 0 spiro atoms. The van der Waals surface area contributed by atoms with Crippen molar-refractivity contribution in [3.63, 3.8) is 0 Å². The molecule has 7 nitrogen and oxygen atoms in total. The van der Waals surface area contributed by atoms with Gasteiger partial charge >= 0.3 is 0 Å². The molecular formula is C14H21N3O4. The van der Waals surface area contributed by atoms with Crippen LogP contribution in [0.4, 0.5) is 11.4 Å². The largest absolute Gasteiger partial charge is 0.380 e. The van der Waals surface area contributed by atoms with Crippen LogP contribution in [0.1, 0.15) is 31.1 Å². The molecule has 1 atom stereocenters. The number of ether oxygens (including phenoxy) is 1. The van der Waals surface area contributed by atoms with E-state index in [2.05, 4.69) is 10.6 Å². The van der Waals surface area contributed by atoms with Crippen LogP contribution in [-0.2, 0) is 4.74 Å². The summed E-state index contributed by atoms with van der Waals surface area (Å²) in [7, 11) is 0. The first-order valence-corrected chi connectivity index (χ1v) is 6.90. The van der Waals surface area contributed by atoms with Gasteiger partial charge in [0.15, 0.2) is 0 Å². The molecule has 0 heterocycles. The first kappa shape index (κ1) is 16.9. The lowest BCUT2D eigenvalue weighted by molar-refractivity contribution is -0.384. The Morgan fingerprint density at radius 1 is 1.43 bits per heavy atom. The van der Waals surface area contributed by atoms with Crippen LogP contribution in [0.5, 0.6) is 0 Å². The quantitative estimate of drug-likeness (QED) is 0.566. The molecule has 0 fully saturated rings. The highest BCUT2D eigenvalue weighted by Crippen LogP contribution is 2.25. The number of hydrogen-bond acceptors (Lipinski definition) is 5. The first-order valence-electron chi connectivity index (χ1n) is 6.90. The molecule has 1 rings (SSSR count). The third-order valence-electron chi connectivity index (χ3n) is 2.77. The van der Waals surface area contributed by atoms with Crippen molar-refractivity contribution in [1.29, 1.82) is 0 Å². The van der Waals surface area contributed by atoms with Gasteiger partial charge in [-0.15, -0.1) is 0 Å². The fourth-order valence-corrected chi connectivity index (χ4v) is 1.81. The normalized spacial score (nSPS) is 11.8. The smallest absolute Gasteiger partial charge is 0.293 e. The second-order valence-corrected chi connectivity index (χ2v) is 4.55. The van der Waals surface area contributed by atoms with Gasteiger partial charge in [-0.1, -0.05) is 0 Å². The van der Waals surface area contributed by atoms with Crippen molar-refractivity contribution in [2.45, 2.75) is 26.8 Å². The van der Waals surface area contributed by atoms with Crippen molar-refractivity contribution in [1.82, 2.24) is 5.32 Å². The number of nitrogens with zero attached hydrogens (tertiary/aromatic N) is 1. The van der Waals surface area contributed by atoms with E-state index in [-0.39, 0.29) is 23.2 Å². The molecule has 116 valence electrons. The van der Waals surface area contributed by atoms with E-state index in [1.165, 1.54) is 6.07 Å². The number of carbonyl (C=O) groups is 1. The fraction of sp³-hybridized carbons (Fsp3) is 0.500. The lowest BCUT2D eigenvalue weighted by Crippen LogP contribution is -2.35. The molecule has 0 aromatic heterocycles. The molecule has 7 heteroatoms. The molecule has 0 aliphatic carbocycles. The van der Waals surface area contributed by atoms with Gasteiger partial charge in [0.25, 0.3) is 11.6 Å². The van der Waals surface area contributed by atoms with Crippen LogP contribution < -0.4 is 10.6 Å². The van der Waals surface area contributed by atoms with E-state index in [0.717, 1.165) is 0 Å². The fourth-order valence-electron chi connectivity index (χ4n) is 1.81. The number of rotatable bonds is 8. The molecule has 1 aromatic carbocycles. The summed E-state index contributed by atoms with van der Waals surface area (Å²) >= 11 is 0. The van der Waals surface area contributed by atoms with E-state index in [4.69, 9.17) is 4.74 Å². The Morgan fingerprint density at radius 3 is 2.71 bits per heavy atom. The molecule has 0 radical (unpaired) electrons. The van der Waals surface area contributed by atoms with E-state index in [1.807, 2.05) is 20.8 Å². The zero-order valence-corrected chi connectivity index (χ0v) is 12.5. The van der Waals surface area contributed by atoms with Gasteiger partial charge in [-0.2, -0.15) is 0 Å². The standard InChI is InChI=1S/C14H21N3O4/c1-4-15-12-7-6-11(8-13(12)17(19)20)14(18)16-10(3)9-21-5-2/h6-8,10,15H,4-5,9H2,1-3H3,(H,16,18). The average molecular weight is 295 g/mol. The predicted molar refractivity (Wildman–Crippen MR) is 80.7 cm³/mol. The van der Waals surface area contributed by atoms with Crippen LogP contribution in [0, 0.1) is 10.1 Å². The highest BCUT2D eigenvalue weighted by molar-refractivity contribution is 5.95. The number of amides is 1. The number of nitro benzene ring substituents is 1. The summed E-state index contributed by atoms with van der Waals surface area (Å²) in [5.74, 6) is -0.353. The maximum absolute atomic E-state index is 12.1. The lowest BCUT2D eigenvalue weighted by Gasteiger charge is -2.14. The van der Waals surface area contributed by atoms with Crippen LogP contribution in [0.15, 0.2) is 18.2 Å². The van der Waals surface area contributed by atoms with E-state index in [9.17, 15) is 14.9 Å². The Hall–Kier alpha value is -2.15. The molecule has 1 amide bonds. The van der Waals surface area contributed by atoms with Crippen molar-refractivity contribution in [2.24, 2.45) is 0 Å². The molecule has 21 heavy (non-hydrogen) atoms. The number of carbonyl (C=O) groups excluding carboxylic acids is 1. The number of anilines is 1. The minimum absolute atomic E-state index is 0.109. The highest BCUT2D eigenvalue weighted by Gasteiger charge is 2.18. The van der Waals surface area contributed by atoms with Crippen molar-refractivity contribution in [3.8, 4) is 0 Å². The number of nitrogens with one attached hydrogen (secondary N) is 2. The molecule has 0 saturated heterocycles. The minimum Gasteiger partial charge on any atom is -0.380 e. The Bertz CT molecular complexity index is 505. The maximum atomic E-state index is 12.1. The molecule has 1 unspecified atom stereocenters. The summed E-state index contributed by atoms with van der Waals surface area (Å²) in [5.41, 5.74) is 0.551. The van der Waals surface area contributed by atoms with Crippen LogP contribution in [0.2, 0.25) is 0 Å². The molecule has 2 N–H and O–H groups in total. The monoisotopic (exact) mass is 295 g/mol. The summed E-state index contributed by atoms with van der Waals surface area (Å²) in [4.78, 5) is 22.6. The molecule has 1 aromatic rings. The number of hydrogen-bond donors (Lipinski definition) is 2. The number of benzene rings is 1. The average Bonchev–Trinajstić information content (AvgIpc) is 2.45.